The van der Waals surface area contributed by atoms with Gasteiger partial charge < -0.3 is 9.84 Å². The number of rotatable bonds is 4. The molecule has 108 valence electrons. The molecular weight excluding hydrogens is 276 g/mol. The summed E-state index contributed by atoms with van der Waals surface area (Å²) < 4.78 is 6.92. The number of carboxylic acids is 1. The van der Waals surface area contributed by atoms with Crippen molar-refractivity contribution in [2.45, 2.75) is 12.8 Å². The monoisotopic (exact) mass is 288 g/mol. The number of aromatic amines is 1. The number of aliphatic carboxylic acids is 1. The number of carbonyl (C=O) groups is 1. The molecule has 3 aromatic heterocycles. The van der Waals surface area contributed by atoms with Gasteiger partial charge in [0, 0.05) is 5.69 Å². The second-order valence-electron chi connectivity index (χ2n) is 4.41. The molecular formula is C12H12N6O3. The van der Waals surface area contributed by atoms with Crippen LogP contribution in [0.2, 0.25) is 0 Å². The van der Waals surface area contributed by atoms with E-state index in [9.17, 15) is 9.90 Å². The van der Waals surface area contributed by atoms with Crippen LogP contribution in [0.25, 0.3) is 17.2 Å². The van der Waals surface area contributed by atoms with E-state index in [1.807, 2.05) is 0 Å². The smallest absolute Gasteiger partial charge is 0.312 e. The molecule has 0 aliphatic carbocycles. The number of hydrogen-bond donors (Lipinski definition) is 2. The van der Waals surface area contributed by atoms with Crippen LogP contribution in [0.1, 0.15) is 18.5 Å². The van der Waals surface area contributed by atoms with Crippen LogP contribution in [-0.4, -0.2) is 48.2 Å². The first-order chi connectivity index (χ1) is 10.1. The van der Waals surface area contributed by atoms with Gasteiger partial charge in [-0.15, -0.1) is 10.2 Å². The van der Waals surface area contributed by atoms with Crippen molar-refractivity contribution < 1.29 is 14.6 Å². The lowest BCUT2D eigenvalue weighted by Crippen LogP contribution is -2.12. The summed E-state index contributed by atoms with van der Waals surface area (Å²) in [6, 6.07) is 5.22. The van der Waals surface area contributed by atoms with Crippen molar-refractivity contribution in [3.05, 3.63) is 23.9 Å². The Morgan fingerprint density at radius 1 is 1.48 bits per heavy atom. The molecule has 0 spiro atoms. The molecule has 2 N–H and O–H groups in total. The maximum atomic E-state index is 11.3. The van der Waals surface area contributed by atoms with Gasteiger partial charge >= 0.3 is 5.97 Å². The summed E-state index contributed by atoms with van der Waals surface area (Å²) in [6.07, 6.45) is 0. The van der Waals surface area contributed by atoms with Crippen LogP contribution in [-0.2, 0) is 4.79 Å². The van der Waals surface area contributed by atoms with Crippen molar-refractivity contribution in [2.75, 3.05) is 7.11 Å². The zero-order chi connectivity index (χ0) is 15.0. The van der Waals surface area contributed by atoms with Crippen LogP contribution in [0.5, 0.6) is 5.88 Å². The number of fused-ring (bicyclic) bond motifs is 1. The van der Waals surface area contributed by atoms with Crippen molar-refractivity contribution in [3.63, 3.8) is 0 Å². The van der Waals surface area contributed by atoms with Gasteiger partial charge in [-0.25, -0.2) is 0 Å². The fourth-order valence-corrected chi connectivity index (χ4v) is 2.16. The summed E-state index contributed by atoms with van der Waals surface area (Å²) in [4.78, 5) is 15.6. The molecule has 0 saturated heterocycles. The third kappa shape index (κ3) is 1.98. The molecule has 0 aliphatic rings. The van der Waals surface area contributed by atoms with Crippen LogP contribution in [0.3, 0.4) is 0 Å². The molecule has 9 nitrogen and oxygen atoms in total. The number of H-pyrrole nitrogens is 1. The van der Waals surface area contributed by atoms with Crippen molar-refractivity contribution in [1.29, 1.82) is 0 Å². The minimum atomic E-state index is -0.936. The molecule has 0 amide bonds. The molecule has 0 aromatic carbocycles. The van der Waals surface area contributed by atoms with Crippen molar-refractivity contribution in [2.24, 2.45) is 0 Å². The molecule has 3 heterocycles. The average molecular weight is 288 g/mol. The fraction of sp³-hybridized carbons (Fsp3) is 0.250. The number of imidazole rings is 1. The second kappa shape index (κ2) is 4.85. The Labute approximate surface area is 118 Å². The first-order valence-corrected chi connectivity index (χ1v) is 6.15. The minimum Gasteiger partial charge on any atom is -0.481 e. The van der Waals surface area contributed by atoms with E-state index >= 15 is 0 Å². The quantitative estimate of drug-likeness (QED) is 0.725. The summed E-state index contributed by atoms with van der Waals surface area (Å²) in [5.41, 5.74) is 1.57. The Morgan fingerprint density at radius 2 is 2.29 bits per heavy atom. The molecule has 1 atom stereocenters. The third-order valence-electron chi connectivity index (χ3n) is 3.21. The lowest BCUT2D eigenvalue weighted by molar-refractivity contribution is -0.138. The predicted octanol–water partition coefficient (Wildman–Crippen LogP) is 0.711. The summed E-state index contributed by atoms with van der Waals surface area (Å²) in [5, 5.41) is 23.0. The van der Waals surface area contributed by atoms with Gasteiger partial charge in [0.05, 0.1) is 13.0 Å². The van der Waals surface area contributed by atoms with E-state index in [1.165, 1.54) is 7.11 Å². The number of ether oxygens (including phenoxy) is 1. The number of nitrogens with zero attached hydrogens (tertiary/aromatic N) is 5. The molecule has 0 bridgehead atoms. The van der Waals surface area contributed by atoms with E-state index in [2.05, 4.69) is 25.6 Å². The van der Waals surface area contributed by atoms with Crippen LogP contribution in [0.15, 0.2) is 18.2 Å². The molecule has 0 aliphatic heterocycles. The van der Waals surface area contributed by atoms with Gasteiger partial charge in [0.2, 0.25) is 11.7 Å². The van der Waals surface area contributed by atoms with Gasteiger partial charge in [-0.2, -0.15) is 10.2 Å². The van der Waals surface area contributed by atoms with Gasteiger partial charge in [-0.3, -0.25) is 9.20 Å². The molecule has 21 heavy (non-hydrogen) atoms. The van der Waals surface area contributed by atoms with Gasteiger partial charge in [-0.05, 0) is 24.3 Å². The normalized spacial score (nSPS) is 12.5. The molecule has 1 unspecified atom stereocenters. The average Bonchev–Trinajstić information content (AvgIpc) is 3.11. The SMILES string of the molecule is COc1nc2cccc(C(C)C(=O)O)n2c1-c1nn[nH]n1. The molecule has 0 fully saturated rings. The van der Waals surface area contributed by atoms with E-state index in [-0.39, 0.29) is 5.82 Å². The standard InChI is InChI=1S/C12H12N6O3/c1-6(12(19)20)7-4-3-5-8-13-11(21-2)9(18(7)8)10-14-16-17-15-10/h3-6H,1-2H3,(H,19,20)(H,14,15,16,17). The van der Waals surface area contributed by atoms with E-state index in [0.29, 0.717) is 22.9 Å². The fourth-order valence-electron chi connectivity index (χ4n) is 2.16. The van der Waals surface area contributed by atoms with Crippen molar-refractivity contribution in [1.82, 2.24) is 30.0 Å². The topological polar surface area (TPSA) is 118 Å². The number of carboxylic acid groups (broad SMARTS) is 1. The first kappa shape index (κ1) is 13.0. The molecule has 3 aromatic rings. The van der Waals surface area contributed by atoms with E-state index in [4.69, 9.17) is 4.74 Å². The maximum Gasteiger partial charge on any atom is 0.312 e. The summed E-state index contributed by atoms with van der Waals surface area (Å²) in [5.74, 6) is -1.07. The largest absolute Gasteiger partial charge is 0.481 e. The zero-order valence-electron chi connectivity index (χ0n) is 11.3. The van der Waals surface area contributed by atoms with Crippen LogP contribution in [0.4, 0.5) is 0 Å². The molecule has 3 rings (SSSR count). The molecule has 0 radical (unpaired) electrons. The number of methoxy groups -OCH3 is 1. The number of pyridine rings is 1. The lowest BCUT2D eigenvalue weighted by Gasteiger charge is -2.11. The maximum absolute atomic E-state index is 11.3. The molecule has 0 saturated carbocycles. The number of tetrazole rings is 1. The van der Waals surface area contributed by atoms with Crippen molar-refractivity contribution >= 4 is 11.6 Å². The Balaban J connectivity index is 2.36. The van der Waals surface area contributed by atoms with E-state index < -0.39 is 11.9 Å². The Morgan fingerprint density at radius 3 is 2.90 bits per heavy atom. The van der Waals surface area contributed by atoms with Gasteiger partial charge in [0.1, 0.15) is 5.65 Å². The molecule has 9 heteroatoms. The zero-order valence-corrected chi connectivity index (χ0v) is 11.3. The highest BCUT2D eigenvalue weighted by atomic mass is 16.5. The lowest BCUT2D eigenvalue weighted by atomic mass is 10.1. The Bertz CT molecular complexity index is 795. The van der Waals surface area contributed by atoms with Gasteiger partial charge in [-0.1, -0.05) is 6.07 Å². The Hall–Kier alpha value is -2.97. The third-order valence-corrected chi connectivity index (χ3v) is 3.21. The predicted molar refractivity (Wildman–Crippen MR) is 71.0 cm³/mol. The van der Waals surface area contributed by atoms with Crippen LogP contribution < -0.4 is 4.74 Å². The Kier molecular flexibility index (Phi) is 3.01. The minimum absolute atomic E-state index is 0.282. The van der Waals surface area contributed by atoms with Gasteiger partial charge in [0.15, 0.2) is 5.69 Å². The number of hydrogen-bond acceptors (Lipinski definition) is 6. The highest BCUT2D eigenvalue weighted by molar-refractivity contribution is 5.76. The second-order valence-corrected chi connectivity index (χ2v) is 4.41. The first-order valence-electron chi connectivity index (χ1n) is 6.15. The summed E-state index contributed by atoms with van der Waals surface area (Å²) in [7, 11) is 1.48. The van der Waals surface area contributed by atoms with E-state index in [0.717, 1.165) is 0 Å². The van der Waals surface area contributed by atoms with Gasteiger partial charge in [0.25, 0.3) is 0 Å². The highest BCUT2D eigenvalue weighted by Gasteiger charge is 2.24. The van der Waals surface area contributed by atoms with Crippen LogP contribution in [0, 0.1) is 0 Å². The van der Waals surface area contributed by atoms with Crippen molar-refractivity contribution in [3.8, 4) is 17.4 Å². The van der Waals surface area contributed by atoms with E-state index in [1.54, 1.807) is 29.5 Å². The number of aromatic nitrogens is 6. The summed E-state index contributed by atoms with van der Waals surface area (Å²) >= 11 is 0. The number of nitrogens with one attached hydrogen (secondary N) is 1. The summed E-state index contributed by atoms with van der Waals surface area (Å²) in [6.45, 7) is 1.60. The highest BCUT2D eigenvalue weighted by Crippen LogP contribution is 2.31. The van der Waals surface area contributed by atoms with Crippen LogP contribution >= 0.6 is 0 Å².